The molecule has 0 aliphatic carbocycles. The van der Waals surface area contributed by atoms with E-state index in [0.717, 1.165) is 0 Å². The van der Waals surface area contributed by atoms with E-state index in [2.05, 4.69) is 9.47 Å². The summed E-state index contributed by atoms with van der Waals surface area (Å²) in [6.45, 7) is -0.755. The second kappa shape index (κ2) is 4.92. The first kappa shape index (κ1) is 11.7. The monoisotopic (exact) mass is 222 g/mol. The Hall–Kier alpha value is -1.37. The van der Waals surface area contributed by atoms with E-state index in [1.807, 2.05) is 0 Å². The third-order valence-corrected chi connectivity index (χ3v) is 1.76. The van der Waals surface area contributed by atoms with Gasteiger partial charge in [0.05, 0.1) is 6.61 Å². The first-order chi connectivity index (χ1) is 7.06. The molecule has 0 radical (unpaired) electrons. The lowest BCUT2D eigenvalue weighted by atomic mass is 10.6. The summed E-state index contributed by atoms with van der Waals surface area (Å²) in [5.41, 5.74) is 0. The zero-order valence-corrected chi connectivity index (χ0v) is 8.44. The number of halogens is 2. The van der Waals surface area contributed by atoms with E-state index in [1.165, 1.54) is 18.1 Å². The highest BCUT2D eigenvalue weighted by Gasteiger charge is 2.31. The minimum atomic E-state index is -2.75. The highest BCUT2D eigenvalue weighted by molar-refractivity contribution is 5.61. The van der Waals surface area contributed by atoms with Crippen molar-refractivity contribution in [3.8, 4) is 0 Å². The fourth-order valence-electron chi connectivity index (χ4n) is 1.13. The zero-order valence-electron chi connectivity index (χ0n) is 8.44. The maximum Gasteiger partial charge on any atom is 0.515 e. The van der Waals surface area contributed by atoms with Gasteiger partial charge >= 0.3 is 12.7 Å². The van der Waals surface area contributed by atoms with Gasteiger partial charge in [0.25, 0.3) is 0 Å². The van der Waals surface area contributed by atoms with Crippen molar-refractivity contribution in [1.29, 1.82) is 0 Å². The van der Waals surface area contributed by atoms with Crippen molar-refractivity contribution in [2.24, 2.45) is 0 Å². The van der Waals surface area contributed by atoms with Gasteiger partial charge in [-0.15, -0.1) is 0 Å². The van der Waals surface area contributed by atoms with Crippen LogP contribution >= 0.6 is 0 Å². The van der Waals surface area contributed by atoms with Gasteiger partial charge in [0.15, 0.2) is 0 Å². The van der Waals surface area contributed by atoms with Crippen molar-refractivity contribution in [2.45, 2.75) is 13.5 Å². The number of hydrogen-bond donors (Lipinski definition) is 0. The summed E-state index contributed by atoms with van der Waals surface area (Å²) < 4.78 is 34.1. The maximum atomic E-state index is 12.5. The van der Waals surface area contributed by atoms with Crippen LogP contribution in [0.1, 0.15) is 6.92 Å². The molecule has 0 atom stereocenters. The van der Waals surface area contributed by atoms with Crippen LogP contribution < -0.4 is 0 Å². The molecule has 1 aliphatic heterocycles. The third kappa shape index (κ3) is 2.79. The molecular weight excluding hydrogens is 210 g/mol. The quantitative estimate of drug-likeness (QED) is 0.533. The van der Waals surface area contributed by atoms with E-state index < -0.39 is 12.7 Å². The fourth-order valence-corrected chi connectivity index (χ4v) is 1.13. The predicted molar refractivity (Wildman–Crippen MR) is 46.7 cm³/mol. The van der Waals surface area contributed by atoms with Crippen LogP contribution in [-0.4, -0.2) is 42.9 Å². The summed E-state index contributed by atoms with van der Waals surface area (Å²) in [7, 11) is 1.46. The number of likely N-dealkylation sites (N-methyl/N-ethyl adjacent to an activating group) is 1. The number of carbonyl (C=O) groups excluding carboxylic acids is 1. The van der Waals surface area contributed by atoms with Gasteiger partial charge in [-0.25, -0.2) is 14.8 Å². The molecule has 1 rings (SSSR count). The van der Waals surface area contributed by atoms with Gasteiger partial charge in [-0.05, 0) is 13.0 Å². The first-order valence-electron chi connectivity index (χ1n) is 4.39. The molecule has 0 fully saturated rings. The Kier molecular flexibility index (Phi) is 3.84. The smallest absolute Gasteiger partial charge is 0.434 e. The SMILES string of the molecule is CCOC(=O)OC1=CCN(C)N1C(F)F. The number of alkyl halides is 2. The molecule has 0 aromatic heterocycles. The summed E-state index contributed by atoms with van der Waals surface area (Å²) in [6.07, 6.45) is 0.396. The molecule has 7 heteroatoms. The maximum absolute atomic E-state index is 12.5. The Labute approximate surface area is 85.8 Å². The first-order valence-corrected chi connectivity index (χ1v) is 4.39. The minimum Gasteiger partial charge on any atom is -0.434 e. The summed E-state index contributed by atoms with van der Waals surface area (Å²) >= 11 is 0. The molecule has 0 unspecified atom stereocenters. The molecule has 0 saturated carbocycles. The number of hydrogen-bond acceptors (Lipinski definition) is 5. The van der Waals surface area contributed by atoms with Gasteiger partial charge in [0.1, 0.15) is 0 Å². The van der Waals surface area contributed by atoms with Gasteiger partial charge in [0.2, 0.25) is 5.88 Å². The highest BCUT2D eigenvalue weighted by Crippen LogP contribution is 2.21. The van der Waals surface area contributed by atoms with Crippen molar-refractivity contribution < 1.29 is 23.0 Å². The molecule has 5 nitrogen and oxygen atoms in total. The molecule has 0 aromatic carbocycles. The van der Waals surface area contributed by atoms with E-state index in [4.69, 9.17) is 0 Å². The van der Waals surface area contributed by atoms with Crippen molar-refractivity contribution in [1.82, 2.24) is 10.0 Å². The molecule has 15 heavy (non-hydrogen) atoms. The molecule has 1 aliphatic rings. The summed E-state index contributed by atoms with van der Waals surface area (Å²) in [5, 5.41) is 1.82. The van der Waals surface area contributed by atoms with Crippen LogP contribution in [0.3, 0.4) is 0 Å². The lowest BCUT2D eigenvalue weighted by molar-refractivity contribution is -0.133. The van der Waals surface area contributed by atoms with Crippen LogP contribution in [0, 0.1) is 0 Å². The van der Waals surface area contributed by atoms with Gasteiger partial charge in [0, 0.05) is 13.6 Å². The average molecular weight is 222 g/mol. The predicted octanol–water partition coefficient (Wildman–Crippen LogP) is 1.39. The molecule has 0 saturated heterocycles. The molecule has 0 N–H and O–H groups in total. The fraction of sp³-hybridized carbons (Fsp3) is 0.625. The van der Waals surface area contributed by atoms with Crippen molar-refractivity contribution in [3.63, 3.8) is 0 Å². The second-order valence-corrected chi connectivity index (χ2v) is 2.79. The Morgan fingerprint density at radius 1 is 1.67 bits per heavy atom. The van der Waals surface area contributed by atoms with E-state index in [-0.39, 0.29) is 19.0 Å². The molecule has 1 heterocycles. The average Bonchev–Trinajstić information content (AvgIpc) is 2.47. The molecule has 0 bridgehead atoms. The Morgan fingerprint density at radius 3 is 2.87 bits per heavy atom. The van der Waals surface area contributed by atoms with Gasteiger partial charge < -0.3 is 9.47 Å². The van der Waals surface area contributed by atoms with Crippen LogP contribution in [-0.2, 0) is 9.47 Å². The summed E-state index contributed by atoms with van der Waals surface area (Å²) in [6, 6.07) is 0. The van der Waals surface area contributed by atoms with Crippen LogP contribution in [0.15, 0.2) is 12.0 Å². The van der Waals surface area contributed by atoms with Gasteiger partial charge in [-0.2, -0.15) is 8.78 Å². The third-order valence-electron chi connectivity index (χ3n) is 1.76. The van der Waals surface area contributed by atoms with E-state index in [1.54, 1.807) is 6.92 Å². The number of carbonyl (C=O) groups is 1. The van der Waals surface area contributed by atoms with Crippen LogP contribution in [0.25, 0.3) is 0 Å². The zero-order chi connectivity index (χ0) is 11.4. The van der Waals surface area contributed by atoms with Gasteiger partial charge in [-0.1, -0.05) is 0 Å². The molecule has 86 valence electrons. The molecule has 0 spiro atoms. The normalized spacial score (nSPS) is 16.9. The molecular formula is C8H12F2N2O3. The van der Waals surface area contributed by atoms with E-state index in [9.17, 15) is 13.6 Å². The van der Waals surface area contributed by atoms with Gasteiger partial charge in [-0.3, -0.25) is 0 Å². The van der Waals surface area contributed by atoms with Crippen molar-refractivity contribution in [2.75, 3.05) is 20.2 Å². The molecule has 0 amide bonds. The van der Waals surface area contributed by atoms with Crippen molar-refractivity contribution in [3.05, 3.63) is 12.0 Å². The Morgan fingerprint density at radius 2 is 2.33 bits per heavy atom. The Balaban J connectivity index is 2.58. The number of rotatable bonds is 3. The van der Waals surface area contributed by atoms with Crippen LogP contribution in [0.5, 0.6) is 0 Å². The van der Waals surface area contributed by atoms with Crippen LogP contribution in [0.2, 0.25) is 0 Å². The highest BCUT2D eigenvalue weighted by atomic mass is 19.3. The number of hydrazine groups is 1. The van der Waals surface area contributed by atoms with Crippen LogP contribution in [0.4, 0.5) is 13.6 Å². The molecule has 0 aromatic rings. The number of nitrogens with zero attached hydrogens (tertiary/aromatic N) is 2. The minimum absolute atomic E-state index is 0.136. The van der Waals surface area contributed by atoms with Crippen molar-refractivity contribution >= 4 is 6.16 Å². The topological polar surface area (TPSA) is 42.0 Å². The van der Waals surface area contributed by atoms with E-state index in [0.29, 0.717) is 5.01 Å². The lowest BCUT2D eigenvalue weighted by Crippen LogP contribution is -2.39. The standard InChI is InChI=1S/C8H12F2N2O3/c1-3-14-8(13)15-6-4-5-11(2)12(6)7(9)10/h4,7H,3,5H2,1-2H3. The van der Waals surface area contributed by atoms with E-state index >= 15 is 0 Å². The Bertz CT molecular complexity index is 271. The summed E-state index contributed by atoms with van der Waals surface area (Å²) in [5.74, 6) is -0.203. The largest absolute Gasteiger partial charge is 0.515 e. The second-order valence-electron chi connectivity index (χ2n) is 2.79. The summed E-state index contributed by atoms with van der Waals surface area (Å²) in [4.78, 5) is 10.9. The number of ether oxygens (including phenoxy) is 2. The lowest BCUT2D eigenvalue weighted by Gasteiger charge is -2.26.